The summed E-state index contributed by atoms with van der Waals surface area (Å²) < 4.78 is 11.2. The highest BCUT2D eigenvalue weighted by atomic mass is 35.5. The Balaban J connectivity index is 1.27. The summed E-state index contributed by atoms with van der Waals surface area (Å²) >= 11 is 6.39. The first-order valence-electron chi connectivity index (χ1n) is 17.5. The minimum atomic E-state index is -1.04. The number of carbonyl (C=O) groups excluding carboxylic acids is 2. The van der Waals surface area contributed by atoms with E-state index < -0.39 is 12.4 Å². The Morgan fingerprint density at radius 2 is 1.41 bits per heavy atom. The molecule has 1 unspecified atom stereocenters. The average molecular weight is 653 g/mol. The van der Waals surface area contributed by atoms with Crippen LogP contribution >= 0.6 is 11.6 Å². The lowest BCUT2D eigenvalue weighted by Gasteiger charge is -2.35. The molecular weight excluding hydrogens is 600 g/mol. The molecule has 2 heterocycles. The summed E-state index contributed by atoms with van der Waals surface area (Å²) in [5.41, 5.74) is 2.60. The number of likely N-dealkylation sites (N-methyl/N-ethyl adjacent to an activating group) is 1. The van der Waals surface area contributed by atoms with Crippen LogP contribution in [0.5, 0.6) is 0 Å². The molecule has 1 amide bonds. The van der Waals surface area contributed by atoms with Gasteiger partial charge in [-0.15, -0.1) is 0 Å². The number of fused-ring (bicyclic) bond motifs is 2. The van der Waals surface area contributed by atoms with E-state index in [0.29, 0.717) is 28.5 Å². The second-order valence-corrected chi connectivity index (χ2v) is 13.1. The van der Waals surface area contributed by atoms with Crippen molar-refractivity contribution in [2.45, 2.75) is 110 Å². The molecule has 2 aliphatic rings. The van der Waals surface area contributed by atoms with Crippen LogP contribution in [0.2, 0.25) is 5.02 Å². The Bertz CT molecular complexity index is 1290. The zero-order chi connectivity index (χ0) is 32.7. The summed E-state index contributed by atoms with van der Waals surface area (Å²) in [6.45, 7) is 7.30. The molecule has 2 aromatic rings. The molecule has 2 aromatic carbocycles. The standard InChI is InChI=1S/C37H53ClN4O4/c1-4-5-6-7-8-9-10-11-12-13-14-15-16-21-35(43)45-29(2)46-37(44)42-33-20-18-17-19-31(33)36(41-26-24-40(3)25-27-41)39-32-28-30(38)22-23-34(32)42/h17-20,22-23,28-29H,4-16,21,24-27H2,1-3H3. The normalized spacial score (nSPS) is 15.4. The lowest BCUT2D eigenvalue weighted by molar-refractivity contribution is -0.164. The van der Waals surface area contributed by atoms with E-state index in [9.17, 15) is 9.59 Å². The third-order valence-corrected chi connectivity index (χ3v) is 9.06. The van der Waals surface area contributed by atoms with E-state index in [1.165, 1.54) is 69.1 Å². The van der Waals surface area contributed by atoms with Gasteiger partial charge in [0.15, 0.2) is 0 Å². The fourth-order valence-corrected chi connectivity index (χ4v) is 6.31. The van der Waals surface area contributed by atoms with Crippen molar-refractivity contribution in [1.29, 1.82) is 0 Å². The molecule has 1 saturated heterocycles. The minimum Gasteiger partial charge on any atom is -0.425 e. The third-order valence-electron chi connectivity index (χ3n) is 8.82. The molecule has 0 saturated carbocycles. The van der Waals surface area contributed by atoms with Gasteiger partial charge in [-0.05, 0) is 43.8 Å². The molecule has 1 atom stereocenters. The average Bonchev–Trinajstić information content (AvgIpc) is 3.18. The van der Waals surface area contributed by atoms with Gasteiger partial charge in [-0.2, -0.15) is 0 Å². The van der Waals surface area contributed by atoms with Crippen molar-refractivity contribution in [3.63, 3.8) is 0 Å². The van der Waals surface area contributed by atoms with Crippen molar-refractivity contribution in [2.75, 3.05) is 38.1 Å². The number of rotatable bonds is 16. The van der Waals surface area contributed by atoms with E-state index in [2.05, 4.69) is 23.8 Å². The van der Waals surface area contributed by atoms with Crippen LogP contribution in [0.3, 0.4) is 0 Å². The quantitative estimate of drug-likeness (QED) is 0.102. The highest BCUT2D eigenvalue weighted by Crippen LogP contribution is 2.42. The molecule has 0 bridgehead atoms. The lowest BCUT2D eigenvalue weighted by Crippen LogP contribution is -2.47. The topological polar surface area (TPSA) is 74.7 Å². The summed E-state index contributed by atoms with van der Waals surface area (Å²) in [4.78, 5) is 37.4. The second-order valence-electron chi connectivity index (χ2n) is 12.6. The molecule has 1 fully saturated rings. The number of anilines is 2. The molecule has 0 aromatic heterocycles. The molecule has 252 valence electrons. The molecule has 0 aliphatic carbocycles. The fourth-order valence-electron chi connectivity index (χ4n) is 6.14. The molecule has 9 heteroatoms. The predicted octanol–water partition coefficient (Wildman–Crippen LogP) is 9.62. The number of unbranched alkanes of at least 4 members (excludes halogenated alkanes) is 12. The van der Waals surface area contributed by atoms with Crippen LogP contribution in [0.1, 0.15) is 109 Å². The number of esters is 1. The van der Waals surface area contributed by atoms with Crippen LogP contribution in [0.25, 0.3) is 0 Å². The Hall–Kier alpha value is -3.10. The molecule has 4 rings (SSSR count). The second kappa shape index (κ2) is 18.9. The summed E-state index contributed by atoms with van der Waals surface area (Å²) in [5.74, 6) is 0.437. The number of carbonyl (C=O) groups is 2. The minimum absolute atomic E-state index is 0.315. The van der Waals surface area contributed by atoms with Crippen molar-refractivity contribution in [3.05, 3.63) is 53.1 Å². The van der Waals surface area contributed by atoms with Gasteiger partial charge in [0.25, 0.3) is 0 Å². The van der Waals surface area contributed by atoms with Crippen molar-refractivity contribution >= 4 is 46.6 Å². The summed E-state index contributed by atoms with van der Waals surface area (Å²) in [5, 5.41) is 0.523. The largest absolute Gasteiger partial charge is 0.425 e. The summed E-state index contributed by atoms with van der Waals surface area (Å²) in [7, 11) is 2.11. The van der Waals surface area contributed by atoms with Gasteiger partial charge in [0.1, 0.15) is 5.84 Å². The number of hydrogen-bond donors (Lipinski definition) is 0. The number of para-hydroxylation sites is 1. The molecular formula is C37H53ClN4O4. The Morgan fingerprint density at radius 1 is 0.804 bits per heavy atom. The zero-order valence-electron chi connectivity index (χ0n) is 28.1. The van der Waals surface area contributed by atoms with Crippen LogP contribution < -0.4 is 4.90 Å². The Kier molecular flexibility index (Phi) is 14.7. The van der Waals surface area contributed by atoms with Gasteiger partial charge in [-0.25, -0.2) is 14.7 Å². The molecule has 0 radical (unpaired) electrons. The molecule has 2 aliphatic heterocycles. The number of piperazine rings is 1. The number of hydrogen-bond acceptors (Lipinski definition) is 7. The van der Waals surface area contributed by atoms with Gasteiger partial charge < -0.3 is 19.3 Å². The maximum Gasteiger partial charge on any atom is 0.422 e. The SMILES string of the molecule is CCCCCCCCCCCCCCCC(=O)OC(C)OC(=O)N1c2ccc(Cl)cc2N=C(N2CCN(C)CC2)c2ccccc21. The van der Waals surface area contributed by atoms with Crippen molar-refractivity contribution in [1.82, 2.24) is 9.80 Å². The van der Waals surface area contributed by atoms with Gasteiger partial charge >= 0.3 is 12.1 Å². The van der Waals surface area contributed by atoms with Gasteiger partial charge in [-0.3, -0.25) is 4.79 Å². The van der Waals surface area contributed by atoms with Crippen LogP contribution in [0.4, 0.5) is 21.9 Å². The highest BCUT2D eigenvalue weighted by molar-refractivity contribution is 6.31. The number of benzene rings is 2. The van der Waals surface area contributed by atoms with Gasteiger partial charge in [-0.1, -0.05) is 108 Å². The predicted molar refractivity (Wildman–Crippen MR) is 188 cm³/mol. The van der Waals surface area contributed by atoms with Crippen LogP contribution in [-0.4, -0.2) is 67.2 Å². The van der Waals surface area contributed by atoms with Crippen molar-refractivity contribution in [3.8, 4) is 0 Å². The van der Waals surface area contributed by atoms with E-state index in [0.717, 1.165) is 56.8 Å². The number of amidine groups is 1. The van der Waals surface area contributed by atoms with E-state index in [1.807, 2.05) is 24.3 Å². The maximum atomic E-state index is 13.8. The van der Waals surface area contributed by atoms with Crippen molar-refractivity contribution in [2.24, 2.45) is 4.99 Å². The van der Waals surface area contributed by atoms with Crippen LogP contribution in [-0.2, 0) is 14.3 Å². The molecule has 0 N–H and O–H groups in total. The summed E-state index contributed by atoms with van der Waals surface area (Å²) in [6, 6.07) is 13.0. The smallest absolute Gasteiger partial charge is 0.422 e. The number of amides is 1. The van der Waals surface area contributed by atoms with E-state index in [-0.39, 0.29) is 5.97 Å². The first kappa shape index (κ1) is 35.7. The molecule has 46 heavy (non-hydrogen) atoms. The van der Waals surface area contributed by atoms with Gasteiger partial charge in [0.05, 0.1) is 17.1 Å². The Labute approximate surface area is 281 Å². The summed E-state index contributed by atoms with van der Waals surface area (Å²) in [6.07, 6.45) is 14.8. The van der Waals surface area contributed by atoms with E-state index in [4.69, 9.17) is 26.1 Å². The third kappa shape index (κ3) is 10.7. The first-order valence-corrected chi connectivity index (χ1v) is 17.9. The first-order chi connectivity index (χ1) is 22.4. The monoisotopic (exact) mass is 652 g/mol. The van der Waals surface area contributed by atoms with E-state index in [1.54, 1.807) is 25.1 Å². The zero-order valence-corrected chi connectivity index (χ0v) is 28.9. The van der Waals surface area contributed by atoms with Crippen LogP contribution in [0.15, 0.2) is 47.5 Å². The highest BCUT2D eigenvalue weighted by Gasteiger charge is 2.32. The van der Waals surface area contributed by atoms with Crippen LogP contribution in [0, 0.1) is 0 Å². The Morgan fingerprint density at radius 3 is 2.07 bits per heavy atom. The maximum absolute atomic E-state index is 13.8. The fraction of sp³-hybridized carbons (Fsp3) is 0.595. The molecule has 0 spiro atoms. The van der Waals surface area contributed by atoms with Crippen molar-refractivity contribution < 1.29 is 19.1 Å². The van der Waals surface area contributed by atoms with Gasteiger partial charge in [0, 0.05) is 50.1 Å². The van der Waals surface area contributed by atoms with Gasteiger partial charge in [0.2, 0.25) is 6.29 Å². The number of nitrogens with zero attached hydrogens (tertiary/aromatic N) is 4. The lowest BCUT2D eigenvalue weighted by atomic mass is 10.0. The molecule has 8 nitrogen and oxygen atoms in total. The number of ether oxygens (including phenoxy) is 2. The number of halogens is 1. The number of aliphatic imine (C=N–C) groups is 1. The van der Waals surface area contributed by atoms with E-state index >= 15 is 0 Å².